The summed E-state index contributed by atoms with van der Waals surface area (Å²) in [5, 5.41) is 0. The molecular formula is C9H13NO. The predicted molar refractivity (Wildman–Crippen MR) is 44.9 cm³/mol. The third-order valence-electron chi connectivity index (χ3n) is 1.63. The monoisotopic (exact) mass is 151 g/mol. The summed E-state index contributed by atoms with van der Waals surface area (Å²) in [6.07, 6.45) is 8.02. The molecule has 0 bridgehead atoms. The SMILES string of the molecule is CC(C)N1C=CC=CCC1=O. The minimum atomic E-state index is 0.171. The van der Waals surface area contributed by atoms with E-state index in [2.05, 4.69) is 0 Å². The van der Waals surface area contributed by atoms with Crippen LogP contribution in [0.3, 0.4) is 0 Å². The number of nitrogens with zero attached hydrogens (tertiary/aromatic N) is 1. The zero-order chi connectivity index (χ0) is 8.27. The van der Waals surface area contributed by atoms with Crippen LogP contribution in [0.15, 0.2) is 24.4 Å². The summed E-state index contributed by atoms with van der Waals surface area (Å²) in [5.74, 6) is 0.171. The first-order valence-corrected chi connectivity index (χ1v) is 3.86. The predicted octanol–water partition coefficient (Wildman–Crippen LogP) is 1.70. The molecule has 11 heavy (non-hydrogen) atoms. The van der Waals surface area contributed by atoms with Crippen LogP contribution in [0.5, 0.6) is 0 Å². The summed E-state index contributed by atoms with van der Waals surface area (Å²) in [6, 6.07) is 0.263. The maximum Gasteiger partial charge on any atom is 0.230 e. The second-order valence-corrected chi connectivity index (χ2v) is 2.87. The zero-order valence-corrected chi connectivity index (χ0v) is 6.95. The quantitative estimate of drug-likeness (QED) is 0.558. The molecule has 0 radical (unpaired) electrons. The van der Waals surface area contributed by atoms with Gasteiger partial charge in [0.15, 0.2) is 0 Å². The molecule has 0 aromatic heterocycles. The molecule has 0 saturated carbocycles. The van der Waals surface area contributed by atoms with Gasteiger partial charge in [-0.25, -0.2) is 0 Å². The van der Waals surface area contributed by atoms with Gasteiger partial charge < -0.3 is 4.90 Å². The van der Waals surface area contributed by atoms with Crippen molar-refractivity contribution in [2.45, 2.75) is 26.3 Å². The van der Waals surface area contributed by atoms with Gasteiger partial charge in [-0.15, -0.1) is 0 Å². The number of amides is 1. The van der Waals surface area contributed by atoms with Crippen LogP contribution >= 0.6 is 0 Å². The number of carbonyl (C=O) groups is 1. The summed E-state index contributed by atoms with van der Waals surface area (Å²) >= 11 is 0. The Morgan fingerprint density at radius 1 is 1.45 bits per heavy atom. The van der Waals surface area contributed by atoms with Crippen LogP contribution in [0.2, 0.25) is 0 Å². The largest absolute Gasteiger partial charge is 0.316 e. The molecule has 60 valence electrons. The van der Waals surface area contributed by atoms with Crippen molar-refractivity contribution in [3.8, 4) is 0 Å². The van der Waals surface area contributed by atoms with Gasteiger partial charge >= 0.3 is 0 Å². The highest BCUT2D eigenvalue weighted by molar-refractivity contribution is 5.79. The van der Waals surface area contributed by atoms with E-state index < -0.39 is 0 Å². The molecule has 0 atom stereocenters. The average Bonchev–Trinajstić information content (AvgIpc) is 2.13. The van der Waals surface area contributed by atoms with Crippen LogP contribution in [-0.4, -0.2) is 16.8 Å². The summed E-state index contributed by atoms with van der Waals surface area (Å²) < 4.78 is 0. The Morgan fingerprint density at radius 2 is 2.18 bits per heavy atom. The molecule has 0 fully saturated rings. The summed E-state index contributed by atoms with van der Waals surface area (Å²) in [5.41, 5.74) is 0. The number of hydrogen-bond acceptors (Lipinski definition) is 1. The van der Waals surface area contributed by atoms with Crippen LogP contribution < -0.4 is 0 Å². The van der Waals surface area contributed by atoms with Gasteiger partial charge in [0, 0.05) is 18.7 Å². The van der Waals surface area contributed by atoms with Crippen LogP contribution in [0, 0.1) is 0 Å². The summed E-state index contributed by atoms with van der Waals surface area (Å²) in [7, 11) is 0. The van der Waals surface area contributed by atoms with Gasteiger partial charge in [0.2, 0.25) is 5.91 Å². The lowest BCUT2D eigenvalue weighted by Gasteiger charge is -2.20. The molecule has 2 nitrogen and oxygen atoms in total. The van der Waals surface area contributed by atoms with Gasteiger partial charge in [0.1, 0.15) is 0 Å². The number of carbonyl (C=O) groups excluding carboxylic acids is 1. The van der Waals surface area contributed by atoms with Crippen molar-refractivity contribution in [1.82, 2.24) is 4.90 Å². The Balaban J connectivity index is 2.72. The van der Waals surface area contributed by atoms with E-state index in [0.29, 0.717) is 6.42 Å². The third kappa shape index (κ3) is 1.93. The smallest absolute Gasteiger partial charge is 0.230 e. The molecule has 0 spiro atoms. The van der Waals surface area contributed by atoms with Crippen molar-refractivity contribution >= 4 is 5.91 Å². The first-order chi connectivity index (χ1) is 5.22. The van der Waals surface area contributed by atoms with Crippen LogP contribution in [0.25, 0.3) is 0 Å². The van der Waals surface area contributed by atoms with E-state index in [1.54, 1.807) is 4.90 Å². The van der Waals surface area contributed by atoms with E-state index >= 15 is 0 Å². The van der Waals surface area contributed by atoms with Gasteiger partial charge in [0.25, 0.3) is 0 Å². The number of hydrogen-bond donors (Lipinski definition) is 0. The minimum absolute atomic E-state index is 0.171. The molecule has 1 aliphatic heterocycles. The van der Waals surface area contributed by atoms with Crippen molar-refractivity contribution in [2.24, 2.45) is 0 Å². The maximum absolute atomic E-state index is 11.3. The molecule has 0 aromatic carbocycles. The topological polar surface area (TPSA) is 20.3 Å². The standard InChI is InChI=1S/C9H13NO/c1-8(2)10-7-5-3-4-6-9(10)11/h3-5,7-8H,6H2,1-2H3. The lowest BCUT2D eigenvalue weighted by atomic mass is 10.3. The highest BCUT2D eigenvalue weighted by Crippen LogP contribution is 2.06. The van der Waals surface area contributed by atoms with Crippen LogP contribution in [-0.2, 0) is 4.79 Å². The molecule has 0 saturated heterocycles. The lowest BCUT2D eigenvalue weighted by Crippen LogP contribution is -2.30. The van der Waals surface area contributed by atoms with E-state index in [0.717, 1.165) is 0 Å². The van der Waals surface area contributed by atoms with Gasteiger partial charge in [0.05, 0.1) is 0 Å². The van der Waals surface area contributed by atoms with E-state index in [1.165, 1.54) is 0 Å². The second kappa shape index (κ2) is 3.37. The summed E-state index contributed by atoms with van der Waals surface area (Å²) in [6.45, 7) is 4.01. The van der Waals surface area contributed by atoms with Crippen molar-refractivity contribution in [3.63, 3.8) is 0 Å². The number of rotatable bonds is 1. The molecule has 0 unspecified atom stereocenters. The fourth-order valence-corrected chi connectivity index (χ4v) is 1.04. The van der Waals surface area contributed by atoms with E-state index in [-0.39, 0.29) is 11.9 Å². The molecule has 1 amide bonds. The molecular weight excluding hydrogens is 138 g/mol. The maximum atomic E-state index is 11.3. The second-order valence-electron chi connectivity index (χ2n) is 2.87. The van der Waals surface area contributed by atoms with Gasteiger partial charge in [-0.3, -0.25) is 4.79 Å². The molecule has 1 aliphatic rings. The number of allylic oxidation sites excluding steroid dienone is 2. The molecule has 0 aromatic rings. The molecule has 1 heterocycles. The lowest BCUT2D eigenvalue weighted by molar-refractivity contribution is -0.128. The minimum Gasteiger partial charge on any atom is -0.316 e. The third-order valence-corrected chi connectivity index (χ3v) is 1.63. The van der Waals surface area contributed by atoms with Gasteiger partial charge in [-0.1, -0.05) is 12.2 Å². The first-order valence-electron chi connectivity index (χ1n) is 3.86. The van der Waals surface area contributed by atoms with Crippen molar-refractivity contribution < 1.29 is 4.79 Å². The highest BCUT2D eigenvalue weighted by atomic mass is 16.2. The van der Waals surface area contributed by atoms with E-state index in [4.69, 9.17) is 0 Å². The first kappa shape index (κ1) is 8.05. The Morgan fingerprint density at radius 3 is 2.82 bits per heavy atom. The Hall–Kier alpha value is -1.05. The van der Waals surface area contributed by atoms with Crippen molar-refractivity contribution in [3.05, 3.63) is 24.4 Å². The van der Waals surface area contributed by atoms with Crippen LogP contribution in [0.1, 0.15) is 20.3 Å². The average molecular weight is 151 g/mol. The Bertz CT molecular complexity index is 204. The van der Waals surface area contributed by atoms with Gasteiger partial charge in [-0.2, -0.15) is 0 Å². The molecule has 0 N–H and O–H groups in total. The normalized spacial score (nSPS) is 17.7. The van der Waals surface area contributed by atoms with E-state index in [9.17, 15) is 4.79 Å². The Kier molecular flexibility index (Phi) is 2.47. The molecule has 1 rings (SSSR count). The van der Waals surface area contributed by atoms with E-state index in [1.807, 2.05) is 38.3 Å². The Labute approximate surface area is 67.2 Å². The van der Waals surface area contributed by atoms with Crippen molar-refractivity contribution in [2.75, 3.05) is 0 Å². The zero-order valence-electron chi connectivity index (χ0n) is 6.95. The van der Waals surface area contributed by atoms with Crippen molar-refractivity contribution in [1.29, 1.82) is 0 Å². The highest BCUT2D eigenvalue weighted by Gasteiger charge is 2.12. The molecule has 0 aliphatic carbocycles. The van der Waals surface area contributed by atoms with Crippen LogP contribution in [0.4, 0.5) is 0 Å². The molecule has 2 heteroatoms. The summed E-state index contributed by atoms with van der Waals surface area (Å²) in [4.78, 5) is 13.0. The fraction of sp³-hybridized carbons (Fsp3) is 0.444. The fourth-order valence-electron chi connectivity index (χ4n) is 1.04. The van der Waals surface area contributed by atoms with Gasteiger partial charge in [-0.05, 0) is 19.9 Å².